The van der Waals surface area contributed by atoms with Crippen molar-refractivity contribution in [2.24, 2.45) is 0 Å². The summed E-state index contributed by atoms with van der Waals surface area (Å²) in [6.07, 6.45) is 6.91. The summed E-state index contributed by atoms with van der Waals surface area (Å²) in [5.41, 5.74) is 2.38. The molecule has 0 aliphatic rings. The summed E-state index contributed by atoms with van der Waals surface area (Å²) in [5, 5.41) is 0.0458. The van der Waals surface area contributed by atoms with Gasteiger partial charge in [0, 0.05) is 31.0 Å². The topological polar surface area (TPSA) is 85.2 Å². The van der Waals surface area contributed by atoms with Crippen LogP contribution in [0, 0.1) is 0 Å². The zero-order valence-electron chi connectivity index (χ0n) is 19.5. The van der Waals surface area contributed by atoms with Crippen LogP contribution < -0.4 is 4.90 Å². The van der Waals surface area contributed by atoms with E-state index in [4.69, 9.17) is 4.98 Å². The predicted octanol–water partition coefficient (Wildman–Crippen LogP) is 4.97. The van der Waals surface area contributed by atoms with Crippen molar-refractivity contribution in [3.05, 3.63) is 72.3 Å². The number of carbonyl (C=O) groups is 1. The van der Waals surface area contributed by atoms with Crippen molar-refractivity contribution in [3.8, 4) is 0 Å². The number of rotatable bonds is 9. The fourth-order valence-corrected chi connectivity index (χ4v) is 5.89. The summed E-state index contributed by atoms with van der Waals surface area (Å²) in [4.78, 5) is 24.4. The van der Waals surface area contributed by atoms with E-state index < -0.39 is 15.1 Å². The lowest BCUT2D eigenvalue weighted by Gasteiger charge is -2.20. The zero-order valence-corrected chi connectivity index (χ0v) is 21.1. The molecule has 0 aliphatic heterocycles. The molecule has 2 heterocycles. The van der Waals surface area contributed by atoms with Crippen molar-refractivity contribution in [2.45, 2.75) is 50.3 Å². The number of hydrogen-bond donors (Lipinski definition) is 0. The third-order valence-electron chi connectivity index (χ3n) is 5.74. The predicted molar refractivity (Wildman–Crippen MR) is 136 cm³/mol. The van der Waals surface area contributed by atoms with E-state index in [2.05, 4.69) is 18.0 Å². The fraction of sp³-hybridized carbons (Fsp3) is 0.320. The molecular weight excluding hydrogens is 468 g/mol. The number of imidazole rings is 1. The number of nitrogens with zero attached hydrogens (tertiary/aromatic N) is 4. The molecule has 0 fully saturated rings. The average molecular weight is 497 g/mol. The Bertz CT molecular complexity index is 1390. The van der Waals surface area contributed by atoms with Crippen molar-refractivity contribution >= 4 is 42.4 Å². The van der Waals surface area contributed by atoms with E-state index in [-0.39, 0.29) is 10.8 Å². The Morgan fingerprint density at radius 2 is 1.97 bits per heavy atom. The van der Waals surface area contributed by atoms with Crippen LogP contribution in [0.15, 0.2) is 66.1 Å². The highest BCUT2D eigenvalue weighted by atomic mass is 32.2. The standard InChI is InChI=1S/C25H28N4O3S2/c1-4-19-8-6-11-22-23(19)27-25(33-22)29(14-7-13-28-15-12-26-17-28)24(30)20-9-5-10-21(16-20)34(31,32)18(2)3/h5-6,8-12,15-18H,4,7,13-14H2,1-3H3. The molecule has 0 aliphatic carbocycles. The van der Waals surface area contributed by atoms with E-state index in [0.29, 0.717) is 30.2 Å². The molecule has 2 aromatic carbocycles. The molecule has 7 nitrogen and oxygen atoms in total. The van der Waals surface area contributed by atoms with Crippen LogP contribution in [-0.4, -0.2) is 40.7 Å². The van der Waals surface area contributed by atoms with Crippen molar-refractivity contribution in [3.63, 3.8) is 0 Å². The number of fused-ring (bicyclic) bond motifs is 1. The Morgan fingerprint density at radius 3 is 2.68 bits per heavy atom. The number of anilines is 1. The summed E-state index contributed by atoms with van der Waals surface area (Å²) in [7, 11) is -3.49. The zero-order chi connectivity index (χ0) is 24.3. The van der Waals surface area contributed by atoms with Crippen LogP contribution >= 0.6 is 11.3 Å². The maximum atomic E-state index is 13.7. The maximum Gasteiger partial charge on any atom is 0.260 e. The van der Waals surface area contributed by atoms with E-state index in [1.807, 2.05) is 22.9 Å². The number of benzene rings is 2. The van der Waals surface area contributed by atoms with Gasteiger partial charge in [0.15, 0.2) is 15.0 Å². The lowest BCUT2D eigenvalue weighted by molar-refractivity contribution is 0.0986. The highest BCUT2D eigenvalue weighted by molar-refractivity contribution is 7.92. The third kappa shape index (κ3) is 4.90. The monoisotopic (exact) mass is 496 g/mol. The molecule has 0 unspecified atom stereocenters. The van der Waals surface area contributed by atoms with Crippen LogP contribution in [-0.2, 0) is 22.8 Å². The van der Waals surface area contributed by atoms with Crippen LogP contribution in [0.2, 0.25) is 0 Å². The summed E-state index contributed by atoms with van der Waals surface area (Å²) in [6.45, 7) is 6.51. The van der Waals surface area contributed by atoms with E-state index in [0.717, 1.165) is 22.2 Å². The van der Waals surface area contributed by atoms with Gasteiger partial charge >= 0.3 is 0 Å². The van der Waals surface area contributed by atoms with Crippen molar-refractivity contribution in [1.29, 1.82) is 0 Å². The third-order valence-corrected chi connectivity index (χ3v) is 8.93. The van der Waals surface area contributed by atoms with Crippen LogP contribution in [0.4, 0.5) is 5.13 Å². The van der Waals surface area contributed by atoms with Crippen molar-refractivity contribution in [1.82, 2.24) is 14.5 Å². The van der Waals surface area contributed by atoms with Crippen molar-refractivity contribution < 1.29 is 13.2 Å². The number of aryl methyl sites for hydroxylation is 2. The molecule has 9 heteroatoms. The number of sulfone groups is 1. The molecule has 0 saturated carbocycles. The van der Waals surface area contributed by atoms with Crippen LogP contribution in [0.3, 0.4) is 0 Å². The molecule has 1 amide bonds. The largest absolute Gasteiger partial charge is 0.337 e. The molecule has 0 radical (unpaired) electrons. The molecule has 2 aromatic heterocycles. The highest BCUT2D eigenvalue weighted by Gasteiger charge is 2.25. The molecule has 0 bridgehead atoms. The number of thiazole rings is 1. The van der Waals surface area contributed by atoms with Gasteiger partial charge in [0.1, 0.15) is 0 Å². The van der Waals surface area contributed by atoms with Gasteiger partial charge in [0.2, 0.25) is 0 Å². The minimum absolute atomic E-state index is 0.157. The van der Waals surface area contributed by atoms with Gasteiger partial charge in [-0.1, -0.05) is 36.5 Å². The molecule has 0 saturated heterocycles. The van der Waals surface area contributed by atoms with Gasteiger partial charge < -0.3 is 4.57 Å². The summed E-state index contributed by atoms with van der Waals surface area (Å²) >= 11 is 1.48. The normalized spacial score (nSPS) is 11.9. The molecule has 34 heavy (non-hydrogen) atoms. The second-order valence-corrected chi connectivity index (χ2v) is 11.9. The second kappa shape index (κ2) is 10.1. The summed E-state index contributed by atoms with van der Waals surface area (Å²) in [6, 6.07) is 12.4. The number of amides is 1. The first-order valence-corrected chi connectivity index (χ1v) is 13.7. The molecule has 4 aromatic rings. The molecular formula is C25H28N4O3S2. The highest BCUT2D eigenvalue weighted by Crippen LogP contribution is 2.32. The molecule has 178 valence electrons. The van der Waals surface area contributed by atoms with Crippen LogP contribution in [0.1, 0.15) is 43.1 Å². The minimum Gasteiger partial charge on any atom is -0.337 e. The Morgan fingerprint density at radius 1 is 1.18 bits per heavy atom. The number of para-hydroxylation sites is 1. The summed E-state index contributed by atoms with van der Waals surface area (Å²) in [5.74, 6) is -0.261. The van der Waals surface area contributed by atoms with Gasteiger partial charge in [-0.3, -0.25) is 9.69 Å². The van der Waals surface area contributed by atoms with Crippen LogP contribution in [0.25, 0.3) is 10.2 Å². The Balaban J connectivity index is 1.70. The number of carbonyl (C=O) groups excluding carboxylic acids is 1. The summed E-state index contributed by atoms with van der Waals surface area (Å²) < 4.78 is 28.4. The van der Waals surface area contributed by atoms with Gasteiger partial charge in [-0.05, 0) is 56.5 Å². The first-order valence-electron chi connectivity index (χ1n) is 11.3. The van der Waals surface area contributed by atoms with Gasteiger partial charge in [0.25, 0.3) is 5.91 Å². The quantitative estimate of drug-likeness (QED) is 0.326. The SMILES string of the molecule is CCc1cccc2sc(N(CCCn3ccnc3)C(=O)c3cccc(S(=O)(=O)C(C)C)c3)nc12. The molecule has 4 rings (SSSR count). The van der Waals surface area contributed by atoms with Gasteiger partial charge in [-0.25, -0.2) is 18.4 Å². The van der Waals surface area contributed by atoms with Crippen molar-refractivity contribution in [2.75, 3.05) is 11.4 Å². The number of aromatic nitrogens is 3. The lowest BCUT2D eigenvalue weighted by Crippen LogP contribution is -2.32. The molecule has 0 atom stereocenters. The first-order chi connectivity index (χ1) is 16.3. The average Bonchev–Trinajstić information content (AvgIpc) is 3.51. The number of hydrogen-bond acceptors (Lipinski definition) is 6. The van der Waals surface area contributed by atoms with E-state index in [1.54, 1.807) is 49.5 Å². The Labute approximate surface area is 204 Å². The maximum absolute atomic E-state index is 13.7. The van der Waals surface area contributed by atoms with E-state index in [9.17, 15) is 13.2 Å². The Hall–Kier alpha value is -3.04. The van der Waals surface area contributed by atoms with Gasteiger partial charge in [0.05, 0.1) is 26.7 Å². The Kier molecular flexibility index (Phi) is 7.13. The van der Waals surface area contributed by atoms with Crippen LogP contribution in [0.5, 0.6) is 0 Å². The molecule has 0 spiro atoms. The first kappa shape index (κ1) is 24.1. The minimum atomic E-state index is -3.49. The van der Waals surface area contributed by atoms with E-state index >= 15 is 0 Å². The smallest absolute Gasteiger partial charge is 0.260 e. The molecule has 0 N–H and O–H groups in total. The lowest BCUT2D eigenvalue weighted by atomic mass is 10.1. The van der Waals surface area contributed by atoms with Gasteiger partial charge in [-0.2, -0.15) is 0 Å². The van der Waals surface area contributed by atoms with E-state index in [1.165, 1.54) is 17.4 Å². The second-order valence-electron chi connectivity index (χ2n) is 8.35. The van der Waals surface area contributed by atoms with Gasteiger partial charge in [-0.15, -0.1) is 0 Å². The fourth-order valence-electron chi connectivity index (χ4n) is 3.74.